The van der Waals surface area contributed by atoms with Gasteiger partial charge in [0.15, 0.2) is 17.2 Å². The van der Waals surface area contributed by atoms with E-state index in [0.29, 0.717) is 12.1 Å². The molecule has 0 radical (unpaired) electrons. The number of carbonyl (C=O) groups is 1. The zero-order chi connectivity index (χ0) is 56.6. The van der Waals surface area contributed by atoms with E-state index in [4.69, 9.17) is 0 Å². The molecule has 0 spiro atoms. The third-order valence-electron chi connectivity index (χ3n) is 9.92. The topological polar surface area (TPSA) is 519 Å². The Morgan fingerprint density at radius 2 is 1.04 bits per heavy atom. The first kappa shape index (κ1) is 59.2. The van der Waals surface area contributed by atoms with Crippen molar-refractivity contribution in [2.24, 2.45) is 30.7 Å². The summed E-state index contributed by atoms with van der Waals surface area (Å²) in [7, 11) is -21.3. The van der Waals surface area contributed by atoms with E-state index in [0.717, 1.165) is 17.7 Å². The number of hydrogen-bond donors (Lipinski definition) is 6. The molecule has 402 valence electrons. The van der Waals surface area contributed by atoms with Crippen LogP contribution in [0.15, 0.2) is 141 Å². The number of carbonyl (C=O) groups excluding carboxylic acids is 1. The Bertz CT molecular complexity index is 4250. The number of benzene rings is 7. The van der Waals surface area contributed by atoms with Gasteiger partial charge in [-0.25, -0.2) is 33.7 Å². The number of anilines is 1. The molecule has 7 aromatic carbocycles. The number of fused-ring (bicyclic) bond motifs is 2. The van der Waals surface area contributed by atoms with Gasteiger partial charge in [-0.05, 0) is 77.9 Å². The molecule has 77 heavy (non-hydrogen) atoms. The van der Waals surface area contributed by atoms with E-state index in [1.54, 1.807) is 19.1 Å². The third-order valence-corrected chi connectivity index (χ3v) is 13.3. The van der Waals surface area contributed by atoms with Crippen molar-refractivity contribution in [3.05, 3.63) is 117 Å². The van der Waals surface area contributed by atoms with Crippen molar-refractivity contribution in [2.75, 3.05) is 5.32 Å². The second-order valence-electron chi connectivity index (χ2n) is 15.2. The molecule has 7 rings (SSSR count). The van der Waals surface area contributed by atoms with Crippen LogP contribution in [0.25, 0.3) is 21.5 Å². The maximum atomic E-state index is 12.0. The second kappa shape index (κ2) is 22.3. The molecule has 31 nitrogen and oxygen atoms in total. The molecule has 0 aliphatic heterocycles. The number of hydrogen-bond acceptors (Lipinski definition) is 28. The van der Waals surface area contributed by atoms with Crippen molar-refractivity contribution in [3.63, 3.8) is 0 Å². The first-order valence-corrected chi connectivity index (χ1v) is 25.6. The Morgan fingerprint density at radius 1 is 0.532 bits per heavy atom. The fraction of sp³-hybridized carbons (Fsp3) is 0.0488. The molecule has 0 saturated carbocycles. The van der Waals surface area contributed by atoms with Crippen molar-refractivity contribution in [3.8, 4) is 28.7 Å². The Hall–Kier alpha value is -8.70. The Kier molecular flexibility index (Phi) is 17.1. The molecule has 0 saturated heterocycles. The van der Waals surface area contributed by atoms with Crippen LogP contribution in [0.3, 0.4) is 0 Å². The number of aryl methyl sites for hydroxylation is 1. The quantitative estimate of drug-likeness (QED) is 0.0278. The average molecular weight is 1180 g/mol. The molecule has 0 aromatic heterocycles. The summed E-state index contributed by atoms with van der Waals surface area (Å²) >= 11 is 0. The van der Waals surface area contributed by atoms with E-state index in [2.05, 4.69) is 36.0 Å². The van der Waals surface area contributed by atoms with Crippen LogP contribution >= 0.6 is 0 Å². The van der Waals surface area contributed by atoms with Crippen LogP contribution in [0, 0.1) is 27.2 Å². The molecule has 0 bridgehead atoms. The van der Waals surface area contributed by atoms with Crippen molar-refractivity contribution < 1.29 is 117 Å². The van der Waals surface area contributed by atoms with Crippen LogP contribution in [0.2, 0.25) is 0 Å². The van der Waals surface area contributed by atoms with Gasteiger partial charge in [-0.1, -0.05) is 18.2 Å². The Morgan fingerprint density at radius 3 is 1.53 bits per heavy atom. The number of azo groups is 3. The Balaban J connectivity index is 0.00000151. The molecule has 6 N–H and O–H groups in total. The van der Waals surface area contributed by atoms with Gasteiger partial charge in [-0.15, -0.1) is 25.6 Å². The van der Waals surface area contributed by atoms with Gasteiger partial charge >= 0.3 is 12.8 Å². The van der Waals surface area contributed by atoms with E-state index in [9.17, 15) is 102 Å². The number of aromatic hydroxyl groups is 5. The van der Waals surface area contributed by atoms with Gasteiger partial charge in [0.1, 0.15) is 79.6 Å². The van der Waals surface area contributed by atoms with Crippen LogP contribution in [0.4, 0.5) is 51.2 Å². The summed E-state index contributed by atoms with van der Waals surface area (Å²) in [5, 5.41) is 97.7. The number of nitrogens with zero attached hydrogens (tertiary/aromatic N) is 8. The van der Waals surface area contributed by atoms with E-state index >= 15 is 0 Å². The normalized spacial score (nSPS) is 12.2. The standard InChI is InChI=1S/C23H17N5O11S2.C18H14N4O11S2.Cr/c1-11-2-5-18(29)16(6-11)25-24-13-4-3-12-7-19(40(34,35)36)21(22(30)15(12)8-13)27-26-17-9-14(28(32)33)10-20(23(17)31)41(37,38)39;1-8(23)19-10-3-2-9-4-15(35(31,32)33)16(17(24)12(9)5-10)21-20-13-6-11(34(28,29)30)7-14(18(13)25)22(26)27;/h2-10,29-31H,1H3,(H,34,35,36)(H,37,38,39);2-7,24-25H,1H3,(H,19,23)(H,28,29,30)(H,31,32,33);/p+1. The monoisotopic (exact) mass is 1180 g/mol. The van der Waals surface area contributed by atoms with Crippen molar-refractivity contribution >= 4 is 119 Å². The fourth-order valence-corrected chi connectivity index (χ4v) is 8.92. The number of phenolic OH excluding ortho intramolecular Hbond substituents is 5. The fourth-order valence-electron chi connectivity index (χ4n) is 6.51. The molecule has 36 heteroatoms. The van der Waals surface area contributed by atoms with Gasteiger partial charge in [-0.3, -0.25) is 25.0 Å². The maximum absolute atomic E-state index is 12.0. The van der Waals surface area contributed by atoms with Crippen LogP contribution in [0.1, 0.15) is 19.6 Å². The minimum atomic E-state index is -5.44. The first-order valence-electron chi connectivity index (χ1n) is 19.9. The number of nitrogens with one attached hydrogen (secondary N) is 1. The zero-order valence-electron chi connectivity index (χ0n) is 43.0. The van der Waals surface area contributed by atoms with Gasteiger partial charge in [0.25, 0.3) is 5.69 Å². The number of nitro benzene ring substituents is 2. The first-order chi connectivity index (χ1) is 35.1. The predicted molar refractivity (Wildman–Crippen MR) is 258 cm³/mol. The minimum Gasteiger partial charge on any atom is -0.744 e. The van der Waals surface area contributed by atoms with Crippen molar-refractivity contribution in [2.45, 2.75) is 33.4 Å². The van der Waals surface area contributed by atoms with E-state index in [1.165, 1.54) is 49.4 Å². The number of non-ortho nitro benzene ring substituents is 1. The van der Waals surface area contributed by atoms with E-state index in [1.807, 2.05) is 0 Å². The number of rotatable bonds is 13. The molecule has 0 aliphatic rings. The van der Waals surface area contributed by atoms with E-state index < -0.39 is 133 Å². The van der Waals surface area contributed by atoms with E-state index in [-0.39, 0.29) is 81.0 Å². The molecule has 0 aliphatic carbocycles. The van der Waals surface area contributed by atoms with Crippen LogP contribution in [-0.4, -0.2) is 93.2 Å². The van der Waals surface area contributed by atoms with Crippen LogP contribution in [-0.2, 0) is 62.6 Å². The minimum absolute atomic E-state index is 0. The summed E-state index contributed by atoms with van der Waals surface area (Å²) in [6.45, 7) is 2.97. The summed E-state index contributed by atoms with van der Waals surface area (Å²) in [5.41, 5.74) is -4.83. The summed E-state index contributed by atoms with van der Waals surface area (Å²) in [6.07, 6.45) is 0. The molecule has 7 aromatic rings. The van der Waals surface area contributed by atoms with Gasteiger partial charge in [-0.2, -0.15) is 5.11 Å². The van der Waals surface area contributed by atoms with Crippen molar-refractivity contribution in [1.82, 2.24) is 0 Å². The van der Waals surface area contributed by atoms with Gasteiger partial charge in [0, 0.05) is 58.9 Å². The second-order valence-corrected chi connectivity index (χ2v) is 20.6. The van der Waals surface area contributed by atoms with Gasteiger partial charge in [0.05, 0.1) is 30.2 Å². The molecular weight excluding hydrogens is 1150 g/mol. The van der Waals surface area contributed by atoms with Crippen molar-refractivity contribution in [1.29, 1.82) is 0 Å². The van der Waals surface area contributed by atoms with Crippen LogP contribution < -0.4 is 5.32 Å². The number of amides is 1. The SMILES string of the molecule is CC(=O)Nc1ccc2cc(S(=O)(=O)[O-])c(N=Nc3cc(S(=O)(=O)[O-])cc([N+](=O)[O-])c3O)c(O)c2c1.Cc1ccc(O)c(N=Nc2ccc3cc(S(=O)(=O)[O-])c(N=Nc4cc([N+](=O)[O-])cc(S(=O)(=O)[O-])c4O)c(O)c3c2)c1.[Cr].[H+].[H+].[H+].[H+].[H+]. The average Bonchev–Trinajstić information content (AvgIpc) is 3.30. The van der Waals surface area contributed by atoms with Gasteiger partial charge < -0.3 is 49.1 Å². The molecule has 0 atom stereocenters. The summed E-state index contributed by atoms with van der Waals surface area (Å²) in [6, 6.07) is 15.6. The zero-order valence-corrected chi connectivity index (χ0v) is 42.5. The van der Waals surface area contributed by atoms with Crippen LogP contribution in [0.5, 0.6) is 28.7 Å². The summed E-state index contributed by atoms with van der Waals surface area (Å²) < 4.78 is 140. The molecular formula is C41H32CrN9O22S4+. The summed E-state index contributed by atoms with van der Waals surface area (Å²) in [4.78, 5) is 26.6. The molecule has 0 fully saturated rings. The Labute approximate surface area is 448 Å². The molecule has 0 unspecified atom stereocenters. The molecule has 0 heterocycles. The number of nitro groups is 2. The molecule has 1 amide bonds. The largest absolute Gasteiger partial charge is 1.00 e. The third kappa shape index (κ3) is 13.6. The maximum Gasteiger partial charge on any atom is 1.00 e. The summed E-state index contributed by atoms with van der Waals surface area (Å²) in [5.74, 6) is -5.03. The smallest absolute Gasteiger partial charge is 0.744 e. The van der Waals surface area contributed by atoms with Gasteiger partial charge in [0.2, 0.25) is 11.7 Å². The predicted octanol–water partition coefficient (Wildman–Crippen LogP) is 7.71. The number of phenols is 5.